The first-order chi connectivity index (χ1) is 13.8. The third kappa shape index (κ3) is 3.40. The highest BCUT2D eigenvalue weighted by Gasteiger charge is 2.32. The Morgan fingerprint density at radius 1 is 1.34 bits per heavy atom. The van der Waals surface area contributed by atoms with Crippen molar-refractivity contribution in [1.29, 1.82) is 0 Å². The monoisotopic (exact) mass is 417 g/mol. The van der Waals surface area contributed by atoms with Gasteiger partial charge >= 0.3 is 0 Å². The fraction of sp³-hybridized carbons (Fsp3) is 0.368. The van der Waals surface area contributed by atoms with Gasteiger partial charge in [0.15, 0.2) is 17.3 Å². The number of aromatic nitrogens is 4. The number of carbonyl (C=O) groups excluding carboxylic acids is 1. The fourth-order valence-corrected chi connectivity index (χ4v) is 3.73. The van der Waals surface area contributed by atoms with E-state index in [9.17, 15) is 9.18 Å². The van der Waals surface area contributed by atoms with E-state index in [1.54, 1.807) is 12.1 Å². The molecule has 8 nitrogen and oxygen atoms in total. The molecule has 152 valence electrons. The van der Waals surface area contributed by atoms with Crippen LogP contribution in [0.3, 0.4) is 0 Å². The predicted molar refractivity (Wildman–Crippen MR) is 109 cm³/mol. The summed E-state index contributed by atoms with van der Waals surface area (Å²) in [6, 6.07) is 4.61. The van der Waals surface area contributed by atoms with E-state index in [0.717, 1.165) is 12.8 Å². The maximum Gasteiger partial charge on any atom is 0.271 e. The Bertz CT molecular complexity index is 1090. The zero-order valence-electron chi connectivity index (χ0n) is 15.9. The first-order valence-electron chi connectivity index (χ1n) is 9.28. The summed E-state index contributed by atoms with van der Waals surface area (Å²) < 4.78 is 14.5. The molecule has 0 bridgehead atoms. The average Bonchev–Trinajstić information content (AvgIpc) is 3.12. The molecule has 10 heteroatoms. The van der Waals surface area contributed by atoms with Gasteiger partial charge < -0.3 is 16.4 Å². The van der Waals surface area contributed by atoms with Crippen LogP contribution < -0.4 is 16.4 Å². The zero-order chi connectivity index (χ0) is 20.8. The Morgan fingerprint density at radius 2 is 2.07 bits per heavy atom. The molecule has 1 fully saturated rings. The van der Waals surface area contributed by atoms with Gasteiger partial charge in [-0.05, 0) is 36.9 Å². The van der Waals surface area contributed by atoms with Crippen molar-refractivity contribution >= 4 is 34.5 Å². The number of amides is 1. The number of H-pyrrole nitrogens is 1. The van der Waals surface area contributed by atoms with Gasteiger partial charge in [0.2, 0.25) is 5.65 Å². The molecule has 3 aromatic rings. The summed E-state index contributed by atoms with van der Waals surface area (Å²) in [6.07, 6.45) is 1.72. The summed E-state index contributed by atoms with van der Waals surface area (Å²) in [5.41, 5.74) is 12.6. The van der Waals surface area contributed by atoms with Gasteiger partial charge in [-0.15, -0.1) is 0 Å². The van der Waals surface area contributed by atoms with Gasteiger partial charge in [0.1, 0.15) is 5.52 Å². The molecule has 1 saturated heterocycles. The van der Waals surface area contributed by atoms with Crippen molar-refractivity contribution in [1.82, 2.24) is 20.2 Å². The Kier molecular flexibility index (Phi) is 4.87. The number of hydrogen-bond acceptors (Lipinski definition) is 6. The van der Waals surface area contributed by atoms with Crippen molar-refractivity contribution in [2.45, 2.75) is 19.8 Å². The number of anilines is 1. The van der Waals surface area contributed by atoms with Crippen molar-refractivity contribution in [3.63, 3.8) is 0 Å². The molecule has 4 rings (SSSR count). The Labute approximate surface area is 171 Å². The lowest BCUT2D eigenvalue weighted by molar-refractivity contribution is 0.0996. The highest BCUT2D eigenvalue weighted by Crippen LogP contribution is 2.34. The second kappa shape index (κ2) is 7.23. The lowest BCUT2D eigenvalue weighted by atomic mass is 9.80. The molecule has 1 aliphatic heterocycles. The standard InChI is InChI=1S/C19H21ClFN7O/c1-19(9-22)5-7-28(8-6-19)18-15(16(23)29)24-14-13(26-27-17(14)25-18)10-3-2-4-11(20)12(10)21/h2-4H,5-9,22H2,1H3,(H2,23,29)(H,25,26,27). The third-order valence-corrected chi connectivity index (χ3v) is 5.88. The summed E-state index contributed by atoms with van der Waals surface area (Å²) in [4.78, 5) is 23.0. The first-order valence-corrected chi connectivity index (χ1v) is 9.66. The number of nitrogens with one attached hydrogen (secondary N) is 1. The van der Waals surface area contributed by atoms with Crippen LogP contribution in [-0.4, -0.2) is 45.7 Å². The molecule has 29 heavy (non-hydrogen) atoms. The summed E-state index contributed by atoms with van der Waals surface area (Å²) in [5, 5.41) is 6.89. The van der Waals surface area contributed by atoms with Crippen LogP contribution in [0.4, 0.5) is 10.2 Å². The Hall–Kier alpha value is -2.78. The first kappa shape index (κ1) is 19.5. The molecule has 0 atom stereocenters. The van der Waals surface area contributed by atoms with E-state index in [0.29, 0.717) is 25.5 Å². The van der Waals surface area contributed by atoms with E-state index < -0.39 is 11.7 Å². The number of benzene rings is 1. The van der Waals surface area contributed by atoms with Gasteiger partial charge in [-0.3, -0.25) is 9.89 Å². The van der Waals surface area contributed by atoms with Gasteiger partial charge in [-0.1, -0.05) is 24.6 Å². The lowest BCUT2D eigenvalue weighted by Crippen LogP contribution is -2.43. The van der Waals surface area contributed by atoms with Crippen molar-refractivity contribution in [2.75, 3.05) is 24.5 Å². The van der Waals surface area contributed by atoms with Crippen LogP contribution >= 0.6 is 11.6 Å². The van der Waals surface area contributed by atoms with E-state index in [-0.39, 0.29) is 38.6 Å². The van der Waals surface area contributed by atoms with Crippen LogP contribution in [0.2, 0.25) is 5.02 Å². The molecule has 0 saturated carbocycles. The van der Waals surface area contributed by atoms with Crippen LogP contribution in [0.5, 0.6) is 0 Å². The summed E-state index contributed by atoms with van der Waals surface area (Å²) in [7, 11) is 0. The normalized spacial score (nSPS) is 16.3. The quantitative estimate of drug-likeness (QED) is 0.598. The number of piperidine rings is 1. The molecule has 1 aromatic carbocycles. The van der Waals surface area contributed by atoms with Crippen LogP contribution in [0.25, 0.3) is 22.4 Å². The predicted octanol–water partition coefficient (Wildman–Crippen LogP) is 2.48. The van der Waals surface area contributed by atoms with Crippen molar-refractivity contribution < 1.29 is 9.18 Å². The van der Waals surface area contributed by atoms with Crippen molar-refractivity contribution in [3.05, 3.63) is 34.7 Å². The van der Waals surface area contributed by atoms with Crippen LogP contribution in [0, 0.1) is 11.2 Å². The second-order valence-electron chi connectivity index (χ2n) is 7.63. The number of nitrogens with two attached hydrogens (primary N) is 2. The number of carbonyl (C=O) groups is 1. The molecule has 0 unspecified atom stereocenters. The van der Waals surface area contributed by atoms with E-state index in [1.165, 1.54) is 6.07 Å². The maximum absolute atomic E-state index is 14.5. The minimum Gasteiger partial charge on any atom is -0.364 e. The number of aromatic amines is 1. The minimum atomic E-state index is -0.708. The fourth-order valence-electron chi connectivity index (χ4n) is 3.56. The number of fused-ring (bicyclic) bond motifs is 1. The van der Waals surface area contributed by atoms with Gasteiger partial charge in [0.25, 0.3) is 5.91 Å². The van der Waals surface area contributed by atoms with E-state index in [4.69, 9.17) is 23.1 Å². The minimum absolute atomic E-state index is 0.0266. The van der Waals surface area contributed by atoms with E-state index >= 15 is 0 Å². The summed E-state index contributed by atoms with van der Waals surface area (Å²) in [6.45, 7) is 4.10. The van der Waals surface area contributed by atoms with Crippen LogP contribution in [0.1, 0.15) is 30.3 Å². The molecule has 1 amide bonds. The zero-order valence-corrected chi connectivity index (χ0v) is 16.6. The topological polar surface area (TPSA) is 127 Å². The largest absolute Gasteiger partial charge is 0.364 e. The number of rotatable bonds is 4. The number of halogens is 2. The lowest BCUT2D eigenvalue weighted by Gasteiger charge is -2.39. The van der Waals surface area contributed by atoms with Crippen LogP contribution in [0.15, 0.2) is 18.2 Å². The molecular formula is C19H21ClFN7O. The summed E-state index contributed by atoms with van der Waals surface area (Å²) in [5.74, 6) is -0.933. The number of hydrogen-bond donors (Lipinski definition) is 3. The highest BCUT2D eigenvalue weighted by molar-refractivity contribution is 6.31. The molecule has 1 aliphatic rings. The van der Waals surface area contributed by atoms with Gasteiger partial charge in [0.05, 0.1) is 10.7 Å². The summed E-state index contributed by atoms with van der Waals surface area (Å²) >= 11 is 5.89. The van der Waals surface area contributed by atoms with Crippen LogP contribution in [-0.2, 0) is 0 Å². The van der Waals surface area contributed by atoms with Crippen molar-refractivity contribution in [2.24, 2.45) is 16.9 Å². The second-order valence-corrected chi connectivity index (χ2v) is 8.04. The average molecular weight is 418 g/mol. The SMILES string of the molecule is CC1(CN)CCN(c2nc3n[nH]c(-c4cccc(Cl)c4F)c3nc2C(N)=O)CC1. The molecule has 3 heterocycles. The Balaban J connectivity index is 1.80. The molecular weight excluding hydrogens is 397 g/mol. The van der Waals surface area contributed by atoms with Gasteiger partial charge in [-0.2, -0.15) is 5.10 Å². The van der Waals surface area contributed by atoms with E-state index in [1.807, 2.05) is 4.90 Å². The maximum atomic E-state index is 14.5. The smallest absolute Gasteiger partial charge is 0.271 e. The Morgan fingerprint density at radius 3 is 2.72 bits per heavy atom. The third-order valence-electron chi connectivity index (χ3n) is 5.59. The van der Waals surface area contributed by atoms with Gasteiger partial charge in [0, 0.05) is 18.7 Å². The number of nitrogens with zero attached hydrogens (tertiary/aromatic N) is 4. The molecule has 0 radical (unpaired) electrons. The molecule has 0 spiro atoms. The number of primary amides is 1. The molecule has 2 aromatic heterocycles. The highest BCUT2D eigenvalue weighted by atomic mass is 35.5. The van der Waals surface area contributed by atoms with Gasteiger partial charge in [-0.25, -0.2) is 14.4 Å². The molecule has 5 N–H and O–H groups in total. The molecule has 0 aliphatic carbocycles. The van der Waals surface area contributed by atoms with Crippen molar-refractivity contribution in [3.8, 4) is 11.3 Å². The van der Waals surface area contributed by atoms with E-state index in [2.05, 4.69) is 27.1 Å².